The summed E-state index contributed by atoms with van der Waals surface area (Å²) in [7, 11) is 0. The van der Waals surface area contributed by atoms with Crippen LogP contribution in [0.2, 0.25) is 0 Å². The predicted molar refractivity (Wildman–Crippen MR) is 61.6 cm³/mol. The molecule has 0 atom stereocenters. The zero-order valence-electron chi connectivity index (χ0n) is 9.68. The molecule has 1 saturated carbocycles. The van der Waals surface area contributed by atoms with Gasteiger partial charge < -0.3 is 11.1 Å². The molecule has 3 nitrogen and oxygen atoms in total. The molecule has 0 unspecified atom stereocenters. The standard InChI is InChI=1S/C10H14F4N2OS/c1-5-2-9(3-5,7(15)18)8(17)16-4-10(13,14)6(11)12/h5-6H,2-4H2,1H3,(H2,15,18)(H,16,17). The number of amides is 1. The highest BCUT2D eigenvalue weighted by atomic mass is 32.1. The molecular formula is C10H14F4N2OS. The van der Waals surface area contributed by atoms with E-state index in [2.05, 4.69) is 0 Å². The first kappa shape index (κ1) is 15.1. The van der Waals surface area contributed by atoms with Crippen molar-refractivity contribution in [2.24, 2.45) is 17.1 Å². The Morgan fingerprint density at radius 3 is 2.39 bits per heavy atom. The molecule has 1 fully saturated rings. The molecular weight excluding hydrogens is 272 g/mol. The van der Waals surface area contributed by atoms with Crippen LogP contribution in [0.15, 0.2) is 0 Å². The van der Waals surface area contributed by atoms with Gasteiger partial charge in [0.15, 0.2) is 0 Å². The maximum atomic E-state index is 12.7. The first-order chi connectivity index (χ1) is 8.12. The van der Waals surface area contributed by atoms with Crippen molar-refractivity contribution in [2.45, 2.75) is 32.1 Å². The minimum atomic E-state index is -4.25. The van der Waals surface area contributed by atoms with Gasteiger partial charge in [-0.3, -0.25) is 4.79 Å². The second kappa shape index (κ2) is 4.99. The average molecular weight is 286 g/mol. The number of hydrogen-bond acceptors (Lipinski definition) is 2. The number of nitrogens with one attached hydrogen (secondary N) is 1. The maximum absolute atomic E-state index is 12.7. The Bertz CT molecular complexity index is 356. The first-order valence-electron chi connectivity index (χ1n) is 5.36. The second-order valence-corrected chi connectivity index (χ2v) is 5.14. The topological polar surface area (TPSA) is 55.1 Å². The fourth-order valence-corrected chi connectivity index (χ4v) is 2.33. The smallest absolute Gasteiger partial charge is 0.324 e. The van der Waals surface area contributed by atoms with Crippen LogP contribution in [0.5, 0.6) is 0 Å². The number of nitrogens with two attached hydrogens (primary N) is 1. The minimum absolute atomic E-state index is 0.0848. The summed E-state index contributed by atoms with van der Waals surface area (Å²) in [5.41, 5.74) is 4.27. The summed E-state index contributed by atoms with van der Waals surface area (Å²) in [5.74, 6) is -4.84. The van der Waals surface area contributed by atoms with Gasteiger partial charge in [-0.25, -0.2) is 8.78 Å². The third-order valence-corrected chi connectivity index (χ3v) is 3.49. The SMILES string of the molecule is CC1CC(C(=O)NCC(F)(F)C(F)F)(C(N)=S)C1. The number of halogens is 4. The monoisotopic (exact) mass is 286 g/mol. The van der Waals surface area contributed by atoms with Crippen LogP contribution in [0.25, 0.3) is 0 Å². The Labute approximate surface area is 107 Å². The summed E-state index contributed by atoms with van der Waals surface area (Å²) in [4.78, 5) is 11.7. The molecule has 1 aliphatic carbocycles. The van der Waals surface area contributed by atoms with E-state index in [1.54, 1.807) is 0 Å². The molecule has 0 aromatic carbocycles. The number of thiocarbonyl (C=S) groups is 1. The van der Waals surface area contributed by atoms with Gasteiger partial charge in [-0.2, -0.15) is 8.78 Å². The van der Waals surface area contributed by atoms with E-state index in [9.17, 15) is 22.4 Å². The van der Waals surface area contributed by atoms with Crippen molar-refractivity contribution in [3.8, 4) is 0 Å². The van der Waals surface area contributed by atoms with Crippen LogP contribution in [0.3, 0.4) is 0 Å². The number of carbonyl (C=O) groups is 1. The fourth-order valence-electron chi connectivity index (χ4n) is 2.07. The van der Waals surface area contributed by atoms with Crippen molar-refractivity contribution >= 4 is 23.1 Å². The van der Waals surface area contributed by atoms with E-state index < -0.39 is 30.2 Å². The highest BCUT2D eigenvalue weighted by Crippen LogP contribution is 2.46. The Morgan fingerprint density at radius 2 is 2.06 bits per heavy atom. The van der Waals surface area contributed by atoms with Crippen LogP contribution in [0.1, 0.15) is 19.8 Å². The van der Waals surface area contributed by atoms with Crippen LogP contribution in [0.4, 0.5) is 17.6 Å². The normalized spacial score (nSPS) is 27.8. The number of rotatable bonds is 5. The highest BCUT2D eigenvalue weighted by molar-refractivity contribution is 7.80. The van der Waals surface area contributed by atoms with E-state index in [1.807, 2.05) is 12.2 Å². The molecule has 0 bridgehead atoms. The zero-order valence-corrected chi connectivity index (χ0v) is 10.5. The number of carbonyl (C=O) groups excluding carboxylic acids is 1. The van der Waals surface area contributed by atoms with Crippen molar-refractivity contribution in [1.82, 2.24) is 5.32 Å². The summed E-state index contributed by atoms with van der Waals surface area (Å²) in [5, 5.41) is 1.81. The molecule has 0 saturated heterocycles. The summed E-state index contributed by atoms with van der Waals surface area (Å²) >= 11 is 4.75. The van der Waals surface area contributed by atoms with Crippen molar-refractivity contribution < 1.29 is 22.4 Å². The maximum Gasteiger partial charge on any atom is 0.324 e. The number of hydrogen-bond donors (Lipinski definition) is 2. The summed E-state index contributed by atoms with van der Waals surface area (Å²) in [6, 6.07) is 0. The molecule has 0 aromatic heterocycles. The van der Waals surface area contributed by atoms with E-state index in [0.29, 0.717) is 12.8 Å². The van der Waals surface area contributed by atoms with Gasteiger partial charge in [-0.05, 0) is 18.8 Å². The minimum Gasteiger partial charge on any atom is -0.392 e. The Kier molecular flexibility index (Phi) is 4.19. The molecule has 1 rings (SSSR count). The number of alkyl halides is 4. The van der Waals surface area contributed by atoms with E-state index in [1.165, 1.54) is 0 Å². The van der Waals surface area contributed by atoms with Gasteiger partial charge >= 0.3 is 12.3 Å². The second-order valence-electron chi connectivity index (χ2n) is 4.70. The highest BCUT2D eigenvalue weighted by Gasteiger charge is 2.52. The molecule has 0 heterocycles. The quantitative estimate of drug-likeness (QED) is 0.597. The molecule has 0 radical (unpaired) electrons. The Morgan fingerprint density at radius 1 is 1.56 bits per heavy atom. The zero-order chi connectivity index (χ0) is 14.1. The van der Waals surface area contributed by atoms with Gasteiger partial charge in [0.1, 0.15) is 0 Å². The molecule has 1 amide bonds. The van der Waals surface area contributed by atoms with Gasteiger partial charge in [0.2, 0.25) is 5.91 Å². The average Bonchev–Trinajstić information content (AvgIpc) is 2.20. The molecule has 104 valence electrons. The van der Waals surface area contributed by atoms with Gasteiger partial charge in [-0.15, -0.1) is 0 Å². The lowest BCUT2D eigenvalue weighted by molar-refractivity contribution is -0.144. The third-order valence-electron chi connectivity index (χ3n) is 3.10. The van der Waals surface area contributed by atoms with Crippen LogP contribution >= 0.6 is 12.2 Å². The van der Waals surface area contributed by atoms with Gasteiger partial charge in [0.05, 0.1) is 16.9 Å². The molecule has 1 aliphatic rings. The molecule has 0 aromatic rings. The Hall–Kier alpha value is -0.920. The predicted octanol–water partition coefficient (Wildman–Crippen LogP) is 1.71. The summed E-state index contributed by atoms with van der Waals surface area (Å²) < 4.78 is 49.2. The lowest BCUT2D eigenvalue weighted by Gasteiger charge is -2.44. The van der Waals surface area contributed by atoms with Crippen molar-refractivity contribution in [3.63, 3.8) is 0 Å². The van der Waals surface area contributed by atoms with Crippen LogP contribution in [0, 0.1) is 11.3 Å². The fraction of sp³-hybridized carbons (Fsp3) is 0.800. The van der Waals surface area contributed by atoms with Crippen molar-refractivity contribution in [1.29, 1.82) is 0 Å². The molecule has 8 heteroatoms. The third kappa shape index (κ3) is 2.73. The van der Waals surface area contributed by atoms with Crippen LogP contribution in [-0.4, -0.2) is 29.8 Å². The van der Waals surface area contributed by atoms with E-state index in [0.717, 1.165) is 0 Å². The summed E-state index contributed by atoms with van der Waals surface area (Å²) in [6.45, 7) is 0.444. The molecule has 0 aliphatic heterocycles. The van der Waals surface area contributed by atoms with Crippen molar-refractivity contribution in [3.05, 3.63) is 0 Å². The van der Waals surface area contributed by atoms with E-state index in [-0.39, 0.29) is 10.9 Å². The lowest BCUT2D eigenvalue weighted by Crippen LogP contribution is -2.57. The lowest BCUT2D eigenvalue weighted by atomic mass is 9.62. The first-order valence-corrected chi connectivity index (χ1v) is 5.77. The van der Waals surface area contributed by atoms with Crippen LogP contribution < -0.4 is 11.1 Å². The van der Waals surface area contributed by atoms with Gasteiger partial charge in [-0.1, -0.05) is 19.1 Å². The van der Waals surface area contributed by atoms with E-state index in [4.69, 9.17) is 18.0 Å². The largest absolute Gasteiger partial charge is 0.392 e. The van der Waals surface area contributed by atoms with Gasteiger partial charge in [0.25, 0.3) is 0 Å². The Balaban J connectivity index is 2.63. The van der Waals surface area contributed by atoms with Gasteiger partial charge in [0, 0.05) is 0 Å². The molecule has 18 heavy (non-hydrogen) atoms. The van der Waals surface area contributed by atoms with Crippen molar-refractivity contribution in [2.75, 3.05) is 6.54 Å². The molecule has 0 spiro atoms. The van der Waals surface area contributed by atoms with E-state index >= 15 is 0 Å². The van der Waals surface area contributed by atoms with Crippen LogP contribution in [-0.2, 0) is 4.79 Å². The summed E-state index contributed by atoms with van der Waals surface area (Å²) in [6.07, 6.45) is -3.11. The molecule has 3 N–H and O–H groups in total.